The molecule has 1 N–H and O–H groups in total. The molecule has 5 nitrogen and oxygen atoms in total. The normalized spacial score (nSPS) is 10.3. The number of aromatic nitrogens is 3. The van der Waals surface area contributed by atoms with E-state index in [9.17, 15) is 4.79 Å². The van der Waals surface area contributed by atoms with E-state index in [1.165, 1.54) is 0 Å². The highest BCUT2D eigenvalue weighted by atomic mass is 16.1. The Morgan fingerprint density at radius 3 is 2.68 bits per heavy atom. The van der Waals surface area contributed by atoms with Crippen LogP contribution in [0.1, 0.15) is 10.5 Å². The van der Waals surface area contributed by atoms with Gasteiger partial charge in [-0.3, -0.25) is 19.7 Å². The molecule has 3 aromatic rings. The maximum atomic E-state index is 11.9. The van der Waals surface area contributed by atoms with E-state index in [0.717, 1.165) is 11.0 Å². The number of fused-ring (bicyclic) bond motifs is 1. The van der Waals surface area contributed by atoms with E-state index < -0.39 is 0 Å². The van der Waals surface area contributed by atoms with E-state index in [-0.39, 0.29) is 5.91 Å². The minimum atomic E-state index is -0.266. The smallest absolute Gasteiger partial charge is 0.274 e. The Morgan fingerprint density at radius 1 is 0.947 bits per heavy atom. The molecule has 1 amide bonds. The van der Waals surface area contributed by atoms with E-state index in [2.05, 4.69) is 20.3 Å². The molecule has 0 bridgehead atoms. The van der Waals surface area contributed by atoms with Gasteiger partial charge in [0, 0.05) is 12.4 Å². The average molecular weight is 250 g/mol. The fourth-order valence-electron chi connectivity index (χ4n) is 1.71. The van der Waals surface area contributed by atoms with Crippen LogP contribution < -0.4 is 5.32 Å². The largest absolute Gasteiger partial charge is 0.319 e. The van der Waals surface area contributed by atoms with Crippen LogP contribution in [0.3, 0.4) is 0 Å². The molecule has 0 fully saturated rings. The van der Waals surface area contributed by atoms with E-state index in [4.69, 9.17) is 0 Å². The number of hydrogen-bond acceptors (Lipinski definition) is 4. The molecule has 19 heavy (non-hydrogen) atoms. The zero-order valence-corrected chi connectivity index (χ0v) is 9.95. The highest BCUT2D eigenvalue weighted by Crippen LogP contribution is 2.14. The second-order valence-electron chi connectivity index (χ2n) is 3.93. The third-order valence-corrected chi connectivity index (χ3v) is 2.61. The monoisotopic (exact) mass is 250 g/mol. The number of nitrogens with one attached hydrogen (secondary N) is 1. The van der Waals surface area contributed by atoms with Crippen molar-refractivity contribution in [2.75, 3.05) is 5.32 Å². The molecule has 0 aliphatic carbocycles. The molecule has 3 heterocycles. The zero-order chi connectivity index (χ0) is 13.1. The standard InChI is InChI=1S/C14H10N4O/c19-14(12-4-1-2-6-15-12)18-10-8-13-11(17-9-10)5-3-7-16-13/h1-9H,(H,18,19). The molecule has 0 radical (unpaired) electrons. The molecule has 0 aromatic carbocycles. The maximum Gasteiger partial charge on any atom is 0.274 e. The molecule has 0 atom stereocenters. The van der Waals surface area contributed by atoms with E-state index in [1.807, 2.05) is 12.1 Å². The van der Waals surface area contributed by atoms with Gasteiger partial charge in [0.25, 0.3) is 5.91 Å². The molecule has 92 valence electrons. The summed E-state index contributed by atoms with van der Waals surface area (Å²) in [6, 6.07) is 10.7. The van der Waals surface area contributed by atoms with Crippen molar-refractivity contribution in [2.45, 2.75) is 0 Å². The number of nitrogens with zero attached hydrogens (tertiary/aromatic N) is 3. The van der Waals surface area contributed by atoms with Crippen LogP contribution in [-0.2, 0) is 0 Å². The summed E-state index contributed by atoms with van der Waals surface area (Å²) in [5.74, 6) is -0.266. The fourth-order valence-corrected chi connectivity index (χ4v) is 1.71. The van der Waals surface area contributed by atoms with Crippen LogP contribution in [-0.4, -0.2) is 20.9 Å². The second-order valence-corrected chi connectivity index (χ2v) is 3.93. The first kappa shape index (κ1) is 11.3. The van der Waals surface area contributed by atoms with Crippen LogP contribution in [0.15, 0.2) is 55.0 Å². The van der Waals surface area contributed by atoms with E-state index in [0.29, 0.717) is 11.4 Å². The van der Waals surface area contributed by atoms with Gasteiger partial charge in [-0.15, -0.1) is 0 Å². The highest BCUT2D eigenvalue weighted by Gasteiger charge is 2.07. The number of amides is 1. The van der Waals surface area contributed by atoms with Gasteiger partial charge in [-0.05, 0) is 30.3 Å². The summed E-state index contributed by atoms with van der Waals surface area (Å²) >= 11 is 0. The van der Waals surface area contributed by atoms with Crippen molar-refractivity contribution in [3.8, 4) is 0 Å². The van der Waals surface area contributed by atoms with Gasteiger partial charge in [0.1, 0.15) is 5.69 Å². The van der Waals surface area contributed by atoms with Crippen LogP contribution in [0.25, 0.3) is 11.0 Å². The zero-order valence-electron chi connectivity index (χ0n) is 9.95. The first-order valence-electron chi connectivity index (χ1n) is 5.76. The molecule has 0 unspecified atom stereocenters. The van der Waals surface area contributed by atoms with Crippen molar-refractivity contribution < 1.29 is 4.79 Å². The number of hydrogen-bond donors (Lipinski definition) is 1. The van der Waals surface area contributed by atoms with Gasteiger partial charge in [-0.1, -0.05) is 6.07 Å². The van der Waals surface area contributed by atoms with Gasteiger partial charge in [-0.25, -0.2) is 0 Å². The fraction of sp³-hybridized carbons (Fsp3) is 0. The van der Waals surface area contributed by atoms with Gasteiger partial charge < -0.3 is 5.32 Å². The summed E-state index contributed by atoms with van der Waals surface area (Å²) in [6.45, 7) is 0. The van der Waals surface area contributed by atoms with Crippen LogP contribution in [0.2, 0.25) is 0 Å². The Hall–Kier alpha value is -2.82. The Labute approximate surface area is 109 Å². The van der Waals surface area contributed by atoms with Gasteiger partial charge in [-0.2, -0.15) is 0 Å². The number of pyridine rings is 3. The third kappa shape index (κ3) is 2.40. The molecule has 0 saturated heterocycles. The highest BCUT2D eigenvalue weighted by molar-refractivity contribution is 6.03. The molecule has 5 heteroatoms. The summed E-state index contributed by atoms with van der Waals surface area (Å²) in [6.07, 6.45) is 4.87. The molecule has 3 aromatic heterocycles. The van der Waals surface area contributed by atoms with Crippen LogP contribution in [0.4, 0.5) is 5.69 Å². The number of carbonyl (C=O) groups excluding carboxylic acids is 1. The molecule has 3 rings (SSSR count). The second kappa shape index (κ2) is 4.81. The van der Waals surface area contributed by atoms with Crippen LogP contribution >= 0.6 is 0 Å². The maximum absolute atomic E-state index is 11.9. The Kier molecular flexibility index (Phi) is 2.86. The molecule has 0 spiro atoms. The summed E-state index contributed by atoms with van der Waals surface area (Å²) in [7, 11) is 0. The average Bonchev–Trinajstić information content (AvgIpc) is 2.48. The summed E-state index contributed by atoms with van der Waals surface area (Å²) in [5, 5.41) is 2.75. The molecule has 0 aliphatic heterocycles. The topological polar surface area (TPSA) is 67.8 Å². The number of carbonyl (C=O) groups is 1. The van der Waals surface area contributed by atoms with Crippen LogP contribution in [0.5, 0.6) is 0 Å². The van der Waals surface area contributed by atoms with E-state index >= 15 is 0 Å². The van der Waals surface area contributed by atoms with Crippen LogP contribution in [0, 0.1) is 0 Å². The van der Waals surface area contributed by atoms with E-state index in [1.54, 1.807) is 42.9 Å². The summed E-state index contributed by atoms with van der Waals surface area (Å²) in [5.41, 5.74) is 2.49. The Balaban J connectivity index is 1.87. The summed E-state index contributed by atoms with van der Waals surface area (Å²) in [4.78, 5) is 24.3. The summed E-state index contributed by atoms with van der Waals surface area (Å²) < 4.78 is 0. The number of anilines is 1. The Bertz CT molecular complexity index is 728. The molecule has 0 saturated carbocycles. The lowest BCUT2D eigenvalue weighted by molar-refractivity contribution is 0.102. The van der Waals surface area contributed by atoms with Crippen molar-refractivity contribution in [3.63, 3.8) is 0 Å². The first-order chi connectivity index (χ1) is 9.33. The van der Waals surface area contributed by atoms with Gasteiger partial charge in [0.15, 0.2) is 0 Å². The first-order valence-corrected chi connectivity index (χ1v) is 5.76. The van der Waals surface area contributed by atoms with Gasteiger partial charge >= 0.3 is 0 Å². The molecule has 0 aliphatic rings. The lowest BCUT2D eigenvalue weighted by atomic mass is 10.3. The van der Waals surface area contributed by atoms with Crippen molar-refractivity contribution in [1.82, 2.24) is 15.0 Å². The lowest BCUT2D eigenvalue weighted by Gasteiger charge is -2.04. The van der Waals surface area contributed by atoms with Crippen molar-refractivity contribution in [2.24, 2.45) is 0 Å². The lowest BCUT2D eigenvalue weighted by Crippen LogP contribution is -2.13. The van der Waals surface area contributed by atoms with Gasteiger partial charge in [0.05, 0.1) is 22.9 Å². The number of rotatable bonds is 2. The molecular formula is C14H10N4O. The minimum absolute atomic E-state index is 0.266. The molecular weight excluding hydrogens is 240 g/mol. The predicted octanol–water partition coefficient (Wildman–Crippen LogP) is 2.28. The van der Waals surface area contributed by atoms with Crippen molar-refractivity contribution in [3.05, 3.63) is 60.7 Å². The predicted molar refractivity (Wildman–Crippen MR) is 71.7 cm³/mol. The van der Waals surface area contributed by atoms with Crippen molar-refractivity contribution in [1.29, 1.82) is 0 Å². The SMILES string of the molecule is O=C(Nc1cnc2cccnc2c1)c1ccccn1. The Morgan fingerprint density at radius 2 is 1.84 bits per heavy atom. The van der Waals surface area contributed by atoms with Crippen molar-refractivity contribution >= 4 is 22.6 Å². The third-order valence-electron chi connectivity index (χ3n) is 2.61. The quantitative estimate of drug-likeness (QED) is 0.757. The minimum Gasteiger partial charge on any atom is -0.319 e. The van der Waals surface area contributed by atoms with Gasteiger partial charge in [0.2, 0.25) is 0 Å².